The molecule has 1 N–H and O–H groups in total. The SMILES string of the molecule is Cc1cc(NC(=O)/C(C#N)=C\c2ccc(OCCOc3ccccc3C)c(Cl)c2)no1. The Balaban J connectivity index is 1.59. The van der Waals surface area contributed by atoms with E-state index in [-0.39, 0.29) is 11.4 Å². The van der Waals surface area contributed by atoms with Crippen molar-refractivity contribution in [2.75, 3.05) is 18.5 Å². The highest BCUT2D eigenvalue weighted by Gasteiger charge is 2.12. The van der Waals surface area contributed by atoms with Gasteiger partial charge in [-0.3, -0.25) is 4.79 Å². The van der Waals surface area contributed by atoms with E-state index in [0.29, 0.717) is 35.3 Å². The van der Waals surface area contributed by atoms with Crippen molar-refractivity contribution in [3.8, 4) is 17.6 Å². The largest absolute Gasteiger partial charge is 0.490 e. The molecule has 3 aromatic rings. The smallest absolute Gasteiger partial charge is 0.267 e. The predicted octanol–water partition coefficient (Wildman–Crippen LogP) is 4.95. The van der Waals surface area contributed by atoms with Crippen molar-refractivity contribution < 1.29 is 18.8 Å². The lowest BCUT2D eigenvalue weighted by molar-refractivity contribution is -0.112. The molecule has 7 nitrogen and oxygen atoms in total. The topological polar surface area (TPSA) is 97.4 Å². The fourth-order valence-corrected chi connectivity index (χ4v) is 2.91. The molecule has 158 valence electrons. The second-order valence-corrected chi connectivity index (χ2v) is 7.01. The summed E-state index contributed by atoms with van der Waals surface area (Å²) in [5, 5.41) is 15.9. The first-order valence-corrected chi connectivity index (χ1v) is 9.81. The minimum absolute atomic E-state index is 0.1000. The number of carbonyl (C=O) groups excluding carboxylic acids is 1. The average Bonchev–Trinajstić information content (AvgIpc) is 3.16. The Hall–Kier alpha value is -3.76. The first-order valence-electron chi connectivity index (χ1n) is 9.43. The summed E-state index contributed by atoms with van der Waals surface area (Å²) < 4.78 is 16.3. The van der Waals surface area contributed by atoms with E-state index in [0.717, 1.165) is 11.3 Å². The molecule has 0 spiro atoms. The Labute approximate surface area is 184 Å². The number of carbonyl (C=O) groups is 1. The van der Waals surface area contributed by atoms with Crippen LogP contribution in [0.25, 0.3) is 6.08 Å². The number of hydrogen-bond acceptors (Lipinski definition) is 6. The van der Waals surface area contributed by atoms with Gasteiger partial charge in [-0.2, -0.15) is 5.26 Å². The highest BCUT2D eigenvalue weighted by atomic mass is 35.5. The summed E-state index contributed by atoms with van der Waals surface area (Å²) in [4.78, 5) is 12.3. The van der Waals surface area contributed by atoms with Crippen molar-refractivity contribution >= 4 is 29.4 Å². The quantitative estimate of drug-likeness (QED) is 0.304. The van der Waals surface area contributed by atoms with Crippen LogP contribution in [0.5, 0.6) is 11.5 Å². The molecule has 0 aliphatic heterocycles. The lowest BCUT2D eigenvalue weighted by Gasteiger charge is -2.11. The van der Waals surface area contributed by atoms with Gasteiger partial charge in [-0.05, 0) is 49.2 Å². The summed E-state index contributed by atoms with van der Waals surface area (Å²) in [5.41, 5.74) is 1.53. The summed E-state index contributed by atoms with van der Waals surface area (Å²) >= 11 is 6.29. The van der Waals surface area contributed by atoms with E-state index in [1.807, 2.05) is 37.3 Å². The third-order valence-electron chi connectivity index (χ3n) is 4.19. The second kappa shape index (κ2) is 10.3. The number of nitrogens with zero attached hydrogens (tertiary/aromatic N) is 2. The van der Waals surface area contributed by atoms with Crippen LogP contribution < -0.4 is 14.8 Å². The number of amides is 1. The molecule has 0 aliphatic carbocycles. The first-order chi connectivity index (χ1) is 15.0. The van der Waals surface area contributed by atoms with Gasteiger partial charge in [0, 0.05) is 6.07 Å². The molecule has 0 unspecified atom stereocenters. The Morgan fingerprint density at radius 3 is 2.55 bits per heavy atom. The molecular weight excluding hydrogens is 418 g/mol. The Morgan fingerprint density at radius 2 is 1.90 bits per heavy atom. The number of aromatic nitrogens is 1. The summed E-state index contributed by atoms with van der Waals surface area (Å²) in [6.07, 6.45) is 1.43. The number of halogens is 1. The number of nitriles is 1. The van der Waals surface area contributed by atoms with Gasteiger partial charge in [0.05, 0.1) is 5.02 Å². The molecule has 0 bridgehead atoms. The minimum atomic E-state index is -0.597. The van der Waals surface area contributed by atoms with Crippen molar-refractivity contribution in [2.45, 2.75) is 13.8 Å². The number of nitrogens with one attached hydrogen (secondary N) is 1. The maximum absolute atomic E-state index is 12.3. The summed E-state index contributed by atoms with van der Waals surface area (Å²) in [6.45, 7) is 4.35. The maximum Gasteiger partial charge on any atom is 0.267 e. The van der Waals surface area contributed by atoms with E-state index < -0.39 is 5.91 Å². The van der Waals surface area contributed by atoms with Gasteiger partial charge in [-0.15, -0.1) is 0 Å². The lowest BCUT2D eigenvalue weighted by atomic mass is 10.1. The highest BCUT2D eigenvalue weighted by Crippen LogP contribution is 2.27. The van der Waals surface area contributed by atoms with Gasteiger partial charge in [0.25, 0.3) is 5.91 Å². The van der Waals surface area contributed by atoms with E-state index in [1.54, 1.807) is 31.2 Å². The Kier molecular flexibility index (Phi) is 7.31. The zero-order valence-electron chi connectivity index (χ0n) is 17.0. The average molecular weight is 438 g/mol. The molecule has 0 fully saturated rings. The number of para-hydroxylation sites is 1. The molecule has 0 saturated carbocycles. The normalized spacial score (nSPS) is 11.0. The van der Waals surface area contributed by atoms with Crippen molar-refractivity contribution in [2.24, 2.45) is 0 Å². The van der Waals surface area contributed by atoms with Crippen LogP contribution >= 0.6 is 11.6 Å². The van der Waals surface area contributed by atoms with Crippen molar-refractivity contribution in [3.63, 3.8) is 0 Å². The molecule has 3 rings (SSSR count). The van der Waals surface area contributed by atoms with E-state index in [4.69, 9.17) is 25.6 Å². The molecular formula is C23H20ClN3O4. The summed E-state index contributed by atoms with van der Waals surface area (Å²) in [7, 11) is 0. The van der Waals surface area contributed by atoms with Crippen molar-refractivity contribution in [1.29, 1.82) is 5.26 Å². The number of aryl methyl sites for hydroxylation is 2. The minimum Gasteiger partial charge on any atom is -0.490 e. The summed E-state index contributed by atoms with van der Waals surface area (Å²) in [5.74, 6) is 1.47. The van der Waals surface area contributed by atoms with Crippen LogP contribution in [0.1, 0.15) is 16.9 Å². The van der Waals surface area contributed by atoms with Gasteiger partial charge in [-0.25, -0.2) is 0 Å². The first kappa shape index (κ1) is 21.9. The van der Waals surface area contributed by atoms with E-state index in [9.17, 15) is 10.1 Å². The number of anilines is 1. The third-order valence-corrected chi connectivity index (χ3v) is 4.49. The summed E-state index contributed by atoms with van der Waals surface area (Å²) in [6, 6.07) is 16.2. The molecule has 0 aliphatic rings. The number of ether oxygens (including phenoxy) is 2. The number of benzene rings is 2. The van der Waals surface area contributed by atoms with Crippen LogP contribution in [-0.2, 0) is 4.79 Å². The maximum atomic E-state index is 12.3. The molecule has 1 heterocycles. The van der Waals surface area contributed by atoms with E-state index in [2.05, 4.69) is 10.5 Å². The van der Waals surface area contributed by atoms with Crippen LogP contribution in [0, 0.1) is 25.2 Å². The Morgan fingerprint density at radius 1 is 1.16 bits per heavy atom. The van der Waals surface area contributed by atoms with Gasteiger partial charge < -0.3 is 19.3 Å². The van der Waals surface area contributed by atoms with Gasteiger partial charge in [0.2, 0.25) is 0 Å². The van der Waals surface area contributed by atoms with Crippen molar-refractivity contribution in [3.05, 3.63) is 76.0 Å². The molecule has 2 aromatic carbocycles. The van der Waals surface area contributed by atoms with Gasteiger partial charge in [0.1, 0.15) is 42.1 Å². The molecule has 1 aromatic heterocycles. The van der Waals surface area contributed by atoms with E-state index in [1.165, 1.54) is 6.08 Å². The standard InChI is InChI=1S/C23H20ClN3O4/c1-15-5-3-4-6-20(15)29-9-10-30-21-8-7-17(13-19(21)24)12-18(14-25)23(28)26-22-11-16(2)31-27-22/h3-8,11-13H,9-10H2,1-2H3,(H,26,27,28)/b18-12-. The monoisotopic (exact) mass is 437 g/mol. The molecule has 0 radical (unpaired) electrons. The third kappa shape index (κ3) is 6.11. The van der Waals surface area contributed by atoms with E-state index >= 15 is 0 Å². The van der Waals surface area contributed by atoms with Crippen molar-refractivity contribution in [1.82, 2.24) is 5.16 Å². The molecule has 31 heavy (non-hydrogen) atoms. The molecule has 1 amide bonds. The van der Waals surface area contributed by atoms with Gasteiger partial charge in [-0.1, -0.05) is 41.0 Å². The molecule has 8 heteroatoms. The second-order valence-electron chi connectivity index (χ2n) is 6.60. The Bertz CT molecular complexity index is 1150. The van der Waals surface area contributed by atoms with Crippen LogP contribution in [0.15, 0.2) is 58.6 Å². The highest BCUT2D eigenvalue weighted by molar-refractivity contribution is 6.32. The zero-order chi connectivity index (χ0) is 22.2. The zero-order valence-corrected chi connectivity index (χ0v) is 17.8. The lowest BCUT2D eigenvalue weighted by Crippen LogP contribution is -2.13. The molecule has 0 atom stereocenters. The van der Waals surface area contributed by atoms with Gasteiger partial charge in [0.15, 0.2) is 5.82 Å². The van der Waals surface area contributed by atoms with Crippen LogP contribution in [0.4, 0.5) is 5.82 Å². The number of hydrogen-bond donors (Lipinski definition) is 1. The molecule has 0 saturated heterocycles. The van der Waals surface area contributed by atoms with Crippen LogP contribution in [0.3, 0.4) is 0 Å². The fourth-order valence-electron chi connectivity index (χ4n) is 2.67. The van der Waals surface area contributed by atoms with Crippen LogP contribution in [0.2, 0.25) is 5.02 Å². The van der Waals surface area contributed by atoms with Crippen LogP contribution in [-0.4, -0.2) is 24.3 Å². The number of rotatable bonds is 8. The fraction of sp³-hybridized carbons (Fsp3) is 0.174. The predicted molar refractivity (Wildman–Crippen MR) is 117 cm³/mol. The van der Waals surface area contributed by atoms with Gasteiger partial charge >= 0.3 is 0 Å².